The summed E-state index contributed by atoms with van der Waals surface area (Å²) in [5, 5.41) is 3.14. The fourth-order valence-corrected chi connectivity index (χ4v) is 2.16. The molecule has 2 rings (SSSR count). The Balaban J connectivity index is 2.40. The summed E-state index contributed by atoms with van der Waals surface area (Å²) in [5.74, 6) is 0. The Labute approximate surface area is 109 Å². The zero-order chi connectivity index (χ0) is 13.1. The normalized spacial score (nSPS) is 12.2. The summed E-state index contributed by atoms with van der Waals surface area (Å²) in [5.41, 5.74) is 12.3. The van der Waals surface area contributed by atoms with E-state index in [1.807, 2.05) is 19.2 Å². The van der Waals surface area contributed by atoms with Crippen LogP contribution in [-0.2, 0) is 0 Å². The first-order valence-corrected chi connectivity index (χ1v) is 6.22. The van der Waals surface area contributed by atoms with Gasteiger partial charge in [-0.05, 0) is 42.7 Å². The van der Waals surface area contributed by atoms with Gasteiger partial charge in [0.1, 0.15) is 0 Å². The van der Waals surface area contributed by atoms with Crippen LogP contribution in [0.4, 0.5) is 5.69 Å². The van der Waals surface area contributed by atoms with Gasteiger partial charge in [-0.3, -0.25) is 0 Å². The topological polar surface area (TPSA) is 38.0 Å². The molecule has 0 amide bonds. The van der Waals surface area contributed by atoms with Crippen LogP contribution in [-0.4, -0.2) is 7.05 Å². The minimum Gasteiger partial charge on any atom is -0.388 e. The SMILES string of the molecule is CNc1cccc(C(N)c2cc(C)ccc2C)c1. The molecule has 94 valence electrons. The molecule has 0 fully saturated rings. The quantitative estimate of drug-likeness (QED) is 0.863. The number of rotatable bonds is 3. The van der Waals surface area contributed by atoms with Crippen molar-refractivity contribution in [1.82, 2.24) is 0 Å². The second kappa shape index (κ2) is 5.23. The van der Waals surface area contributed by atoms with Crippen molar-refractivity contribution in [2.24, 2.45) is 5.73 Å². The van der Waals surface area contributed by atoms with Gasteiger partial charge in [0.15, 0.2) is 0 Å². The van der Waals surface area contributed by atoms with Gasteiger partial charge in [0, 0.05) is 12.7 Å². The molecule has 2 nitrogen and oxygen atoms in total. The third-order valence-electron chi connectivity index (χ3n) is 3.30. The van der Waals surface area contributed by atoms with E-state index >= 15 is 0 Å². The summed E-state index contributed by atoms with van der Waals surface area (Å²) in [6.45, 7) is 4.20. The smallest absolute Gasteiger partial charge is 0.0555 e. The number of nitrogens with two attached hydrogens (primary N) is 1. The van der Waals surface area contributed by atoms with Crippen LogP contribution in [0.25, 0.3) is 0 Å². The molecule has 0 aliphatic rings. The Morgan fingerprint density at radius 1 is 1.06 bits per heavy atom. The standard InChI is InChI=1S/C16H20N2/c1-11-7-8-12(2)15(9-11)16(17)13-5-4-6-14(10-13)18-3/h4-10,16,18H,17H2,1-3H3. The number of aryl methyl sites for hydroxylation is 2. The van der Waals surface area contributed by atoms with Gasteiger partial charge >= 0.3 is 0 Å². The lowest BCUT2D eigenvalue weighted by atomic mass is 9.94. The predicted octanol–water partition coefficient (Wildman–Crippen LogP) is 3.39. The van der Waals surface area contributed by atoms with Crippen molar-refractivity contribution in [3.8, 4) is 0 Å². The molecule has 1 unspecified atom stereocenters. The zero-order valence-corrected chi connectivity index (χ0v) is 11.2. The van der Waals surface area contributed by atoms with Gasteiger partial charge in [0.2, 0.25) is 0 Å². The number of nitrogens with one attached hydrogen (secondary N) is 1. The summed E-state index contributed by atoms with van der Waals surface area (Å²) >= 11 is 0. The Hall–Kier alpha value is -1.80. The van der Waals surface area contributed by atoms with Crippen LogP contribution < -0.4 is 11.1 Å². The first-order valence-electron chi connectivity index (χ1n) is 6.22. The highest BCUT2D eigenvalue weighted by Crippen LogP contribution is 2.25. The molecule has 1 atom stereocenters. The van der Waals surface area contributed by atoms with E-state index in [2.05, 4.69) is 49.5 Å². The van der Waals surface area contributed by atoms with E-state index in [0.717, 1.165) is 11.3 Å². The molecule has 2 aromatic carbocycles. The van der Waals surface area contributed by atoms with Crippen molar-refractivity contribution >= 4 is 5.69 Å². The van der Waals surface area contributed by atoms with Crippen LogP contribution in [0.1, 0.15) is 28.3 Å². The third-order valence-corrected chi connectivity index (χ3v) is 3.30. The Bertz CT molecular complexity index is 547. The van der Waals surface area contributed by atoms with E-state index in [9.17, 15) is 0 Å². The molecular weight excluding hydrogens is 220 g/mol. The van der Waals surface area contributed by atoms with E-state index in [0.29, 0.717) is 0 Å². The number of hydrogen-bond donors (Lipinski definition) is 2. The highest BCUT2D eigenvalue weighted by Gasteiger charge is 2.11. The Morgan fingerprint density at radius 2 is 1.83 bits per heavy atom. The van der Waals surface area contributed by atoms with Crippen LogP contribution in [0.15, 0.2) is 42.5 Å². The average Bonchev–Trinajstić information content (AvgIpc) is 2.41. The zero-order valence-electron chi connectivity index (χ0n) is 11.2. The summed E-state index contributed by atoms with van der Waals surface area (Å²) in [4.78, 5) is 0. The highest BCUT2D eigenvalue weighted by atomic mass is 14.8. The molecule has 3 N–H and O–H groups in total. The second-order valence-electron chi connectivity index (χ2n) is 4.71. The predicted molar refractivity (Wildman–Crippen MR) is 77.9 cm³/mol. The van der Waals surface area contributed by atoms with Crippen molar-refractivity contribution in [3.63, 3.8) is 0 Å². The van der Waals surface area contributed by atoms with Crippen LogP contribution in [0.5, 0.6) is 0 Å². The maximum atomic E-state index is 6.38. The molecule has 0 aliphatic heterocycles. The number of benzene rings is 2. The summed E-state index contributed by atoms with van der Waals surface area (Å²) < 4.78 is 0. The van der Waals surface area contributed by atoms with Crippen LogP contribution in [0.2, 0.25) is 0 Å². The molecule has 0 saturated heterocycles. The van der Waals surface area contributed by atoms with Gasteiger partial charge in [-0.15, -0.1) is 0 Å². The van der Waals surface area contributed by atoms with E-state index in [4.69, 9.17) is 5.73 Å². The van der Waals surface area contributed by atoms with Crippen molar-refractivity contribution < 1.29 is 0 Å². The van der Waals surface area contributed by atoms with Crippen LogP contribution >= 0.6 is 0 Å². The van der Waals surface area contributed by atoms with Gasteiger partial charge in [0.25, 0.3) is 0 Å². The fraction of sp³-hybridized carbons (Fsp3) is 0.250. The summed E-state index contributed by atoms with van der Waals surface area (Å²) in [6.07, 6.45) is 0. The summed E-state index contributed by atoms with van der Waals surface area (Å²) in [6, 6.07) is 14.6. The van der Waals surface area contributed by atoms with Gasteiger partial charge in [0.05, 0.1) is 6.04 Å². The Kier molecular flexibility index (Phi) is 3.68. The van der Waals surface area contributed by atoms with Crippen LogP contribution in [0.3, 0.4) is 0 Å². The van der Waals surface area contributed by atoms with E-state index < -0.39 is 0 Å². The molecule has 0 aromatic heterocycles. The van der Waals surface area contributed by atoms with E-state index in [-0.39, 0.29) is 6.04 Å². The van der Waals surface area contributed by atoms with Gasteiger partial charge in [-0.25, -0.2) is 0 Å². The van der Waals surface area contributed by atoms with Gasteiger partial charge in [-0.1, -0.05) is 35.9 Å². The van der Waals surface area contributed by atoms with Crippen molar-refractivity contribution in [2.75, 3.05) is 12.4 Å². The fourth-order valence-electron chi connectivity index (χ4n) is 2.16. The van der Waals surface area contributed by atoms with Crippen molar-refractivity contribution in [1.29, 1.82) is 0 Å². The first kappa shape index (κ1) is 12.7. The number of hydrogen-bond acceptors (Lipinski definition) is 2. The monoisotopic (exact) mass is 240 g/mol. The molecule has 0 bridgehead atoms. The first-order chi connectivity index (χ1) is 8.61. The maximum absolute atomic E-state index is 6.38. The third kappa shape index (κ3) is 2.54. The molecule has 2 aromatic rings. The molecule has 0 spiro atoms. The molecule has 0 saturated carbocycles. The maximum Gasteiger partial charge on any atom is 0.0555 e. The second-order valence-corrected chi connectivity index (χ2v) is 4.71. The highest BCUT2D eigenvalue weighted by molar-refractivity contribution is 5.48. The van der Waals surface area contributed by atoms with Gasteiger partial charge in [-0.2, -0.15) is 0 Å². The average molecular weight is 240 g/mol. The lowest BCUT2D eigenvalue weighted by molar-refractivity contribution is 0.860. The lowest BCUT2D eigenvalue weighted by Crippen LogP contribution is -2.13. The van der Waals surface area contributed by atoms with E-state index in [1.54, 1.807) is 0 Å². The molecule has 0 aliphatic carbocycles. The molecule has 18 heavy (non-hydrogen) atoms. The van der Waals surface area contributed by atoms with Crippen LogP contribution in [0, 0.1) is 13.8 Å². The molecule has 0 radical (unpaired) electrons. The molecular formula is C16H20N2. The van der Waals surface area contributed by atoms with E-state index in [1.165, 1.54) is 16.7 Å². The molecule has 2 heteroatoms. The van der Waals surface area contributed by atoms with Crippen molar-refractivity contribution in [3.05, 3.63) is 64.7 Å². The Morgan fingerprint density at radius 3 is 2.56 bits per heavy atom. The minimum atomic E-state index is -0.0711. The van der Waals surface area contributed by atoms with Gasteiger partial charge < -0.3 is 11.1 Å². The molecule has 0 heterocycles. The summed E-state index contributed by atoms with van der Waals surface area (Å²) in [7, 11) is 1.92. The minimum absolute atomic E-state index is 0.0711. The van der Waals surface area contributed by atoms with Crippen molar-refractivity contribution in [2.45, 2.75) is 19.9 Å². The largest absolute Gasteiger partial charge is 0.388 e. The lowest BCUT2D eigenvalue weighted by Gasteiger charge is -2.17. The number of anilines is 1.